The summed E-state index contributed by atoms with van der Waals surface area (Å²) in [5.41, 5.74) is 2.04. The highest BCUT2D eigenvalue weighted by atomic mass is 16.6. The Morgan fingerprint density at radius 1 is 0.929 bits per heavy atom. The van der Waals surface area contributed by atoms with Gasteiger partial charge in [-0.05, 0) is 37.1 Å². The Bertz CT molecular complexity index is 953. The maximum atomic E-state index is 12.2. The molecule has 28 heavy (non-hydrogen) atoms. The van der Waals surface area contributed by atoms with Crippen LogP contribution in [0.15, 0.2) is 53.5 Å². The van der Waals surface area contributed by atoms with E-state index in [2.05, 4.69) is 10.3 Å². The number of benzene rings is 2. The lowest BCUT2D eigenvalue weighted by atomic mass is 9.84. The number of nitrogens with one attached hydrogen (secondary N) is 1. The summed E-state index contributed by atoms with van der Waals surface area (Å²) in [5, 5.41) is 25.0. The molecule has 1 aliphatic rings. The Morgan fingerprint density at radius 2 is 1.39 bits per heavy atom. The summed E-state index contributed by atoms with van der Waals surface area (Å²) in [5.74, 6) is -0.574. The van der Waals surface area contributed by atoms with Crippen LogP contribution in [0.25, 0.3) is 0 Å². The summed E-state index contributed by atoms with van der Waals surface area (Å²) in [7, 11) is 0. The van der Waals surface area contributed by atoms with Crippen molar-refractivity contribution in [2.45, 2.75) is 26.1 Å². The number of hydrogen-bond donors (Lipinski definition) is 1. The molecule has 0 saturated heterocycles. The SMILES string of the molecule is CC(=O)C1C(C)=N[C@@H](c2ccc([N+](=O)[O-])cc2)N[C@@H]1c1ccc([N+](=O)[O-])cc1. The number of nitrogens with zero attached hydrogens (tertiary/aromatic N) is 3. The molecule has 0 aromatic heterocycles. The second kappa shape index (κ2) is 7.65. The highest BCUT2D eigenvalue weighted by molar-refractivity contribution is 6.04. The van der Waals surface area contributed by atoms with Gasteiger partial charge in [-0.1, -0.05) is 12.1 Å². The van der Waals surface area contributed by atoms with E-state index in [4.69, 9.17) is 0 Å². The van der Waals surface area contributed by atoms with Crippen LogP contribution in [0.2, 0.25) is 0 Å². The molecule has 2 aromatic carbocycles. The number of carbonyl (C=O) groups is 1. The zero-order valence-electron chi connectivity index (χ0n) is 15.2. The van der Waals surface area contributed by atoms with Crippen LogP contribution >= 0.6 is 0 Å². The number of rotatable bonds is 5. The van der Waals surface area contributed by atoms with Crippen molar-refractivity contribution in [3.63, 3.8) is 0 Å². The van der Waals surface area contributed by atoms with Crippen LogP contribution in [-0.4, -0.2) is 21.3 Å². The Morgan fingerprint density at radius 3 is 1.82 bits per heavy atom. The molecule has 3 atom stereocenters. The summed E-state index contributed by atoms with van der Waals surface area (Å²) in [4.78, 5) is 37.6. The summed E-state index contributed by atoms with van der Waals surface area (Å²) in [6, 6.07) is 11.7. The molecule has 0 aliphatic carbocycles. The lowest BCUT2D eigenvalue weighted by Gasteiger charge is -2.35. The quantitative estimate of drug-likeness (QED) is 0.622. The van der Waals surface area contributed by atoms with Crippen molar-refractivity contribution < 1.29 is 14.6 Å². The zero-order chi connectivity index (χ0) is 20.4. The van der Waals surface area contributed by atoms with E-state index in [0.717, 1.165) is 11.1 Å². The van der Waals surface area contributed by atoms with E-state index in [1.165, 1.54) is 31.2 Å². The molecule has 1 N–H and O–H groups in total. The van der Waals surface area contributed by atoms with Crippen molar-refractivity contribution in [3.8, 4) is 0 Å². The summed E-state index contributed by atoms with van der Waals surface area (Å²) < 4.78 is 0. The second-order valence-electron chi connectivity index (χ2n) is 6.60. The summed E-state index contributed by atoms with van der Waals surface area (Å²) in [6.07, 6.45) is -0.489. The molecule has 0 amide bonds. The van der Waals surface area contributed by atoms with Crippen LogP contribution in [0, 0.1) is 26.1 Å². The zero-order valence-corrected chi connectivity index (χ0v) is 15.2. The van der Waals surface area contributed by atoms with Gasteiger partial charge in [-0.25, -0.2) is 0 Å². The van der Waals surface area contributed by atoms with Gasteiger partial charge in [-0.15, -0.1) is 0 Å². The van der Waals surface area contributed by atoms with Crippen LogP contribution in [-0.2, 0) is 4.79 Å². The predicted octanol–water partition coefficient (Wildman–Crippen LogP) is 3.51. The molecule has 2 aromatic rings. The third-order valence-corrected chi connectivity index (χ3v) is 4.77. The Balaban J connectivity index is 1.96. The van der Waals surface area contributed by atoms with E-state index in [1.807, 2.05) is 0 Å². The normalized spacial score (nSPS) is 21.6. The lowest BCUT2D eigenvalue weighted by molar-refractivity contribution is -0.385. The van der Waals surface area contributed by atoms with E-state index in [1.54, 1.807) is 31.2 Å². The standard InChI is InChI=1S/C19H18N4O5/c1-11-17(12(2)24)18(13-3-7-15(8-4-13)22(25)26)21-19(20-11)14-5-9-16(10-6-14)23(27)28/h3-10,17-19,21H,1-2H3/t17?,18-,19-/m1/s1. The van der Waals surface area contributed by atoms with Crippen LogP contribution in [0.4, 0.5) is 11.4 Å². The molecule has 0 saturated carbocycles. The Labute approximate surface area is 160 Å². The van der Waals surface area contributed by atoms with Crippen molar-refractivity contribution in [2.24, 2.45) is 10.9 Å². The van der Waals surface area contributed by atoms with Gasteiger partial charge in [0.2, 0.25) is 0 Å². The fraction of sp³-hybridized carbons (Fsp3) is 0.263. The third kappa shape index (κ3) is 3.79. The summed E-state index contributed by atoms with van der Waals surface area (Å²) in [6.45, 7) is 3.25. The minimum Gasteiger partial charge on any atom is -0.299 e. The topological polar surface area (TPSA) is 128 Å². The molecular formula is C19H18N4O5. The van der Waals surface area contributed by atoms with Gasteiger partial charge in [-0.3, -0.25) is 35.3 Å². The number of nitro benzene ring substituents is 2. The van der Waals surface area contributed by atoms with Crippen LogP contribution in [0.1, 0.15) is 37.2 Å². The monoisotopic (exact) mass is 382 g/mol. The minimum absolute atomic E-state index is 0.0196. The fourth-order valence-corrected chi connectivity index (χ4v) is 3.40. The van der Waals surface area contributed by atoms with Gasteiger partial charge < -0.3 is 0 Å². The van der Waals surface area contributed by atoms with E-state index < -0.39 is 28.0 Å². The van der Waals surface area contributed by atoms with Gasteiger partial charge in [0.05, 0.1) is 15.8 Å². The third-order valence-electron chi connectivity index (χ3n) is 4.77. The van der Waals surface area contributed by atoms with Crippen LogP contribution in [0.3, 0.4) is 0 Å². The molecule has 0 bridgehead atoms. The van der Waals surface area contributed by atoms with Crippen LogP contribution in [0.5, 0.6) is 0 Å². The second-order valence-corrected chi connectivity index (χ2v) is 6.60. The van der Waals surface area contributed by atoms with Crippen molar-refractivity contribution in [2.75, 3.05) is 0 Å². The number of ketones is 1. The maximum absolute atomic E-state index is 12.2. The molecule has 1 unspecified atom stereocenters. The Hall–Kier alpha value is -3.46. The first-order chi connectivity index (χ1) is 13.3. The van der Waals surface area contributed by atoms with Crippen molar-refractivity contribution >= 4 is 22.9 Å². The van der Waals surface area contributed by atoms with Crippen LogP contribution < -0.4 is 5.32 Å². The highest BCUT2D eigenvalue weighted by Crippen LogP contribution is 2.34. The molecule has 1 aliphatic heterocycles. The molecule has 3 rings (SSSR count). The number of aliphatic imine (C=N–C) groups is 1. The lowest BCUT2D eigenvalue weighted by Crippen LogP contribution is -2.42. The maximum Gasteiger partial charge on any atom is 0.269 e. The van der Waals surface area contributed by atoms with Crippen molar-refractivity contribution in [3.05, 3.63) is 79.9 Å². The van der Waals surface area contributed by atoms with E-state index in [9.17, 15) is 25.0 Å². The predicted molar refractivity (Wildman–Crippen MR) is 102 cm³/mol. The molecule has 9 nitrogen and oxygen atoms in total. The average molecular weight is 382 g/mol. The van der Waals surface area contributed by atoms with Gasteiger partial charge in [-0.2, -0.15) is 0 Å². The van der Waals surface area contributed by atoms with Crippen molar-refractivity contribution in [1.82, 2.24) is 5.32 Å². The number of Topliss-reactive ketones (excluding diaryl/α,β-unsaturated/α-hetero) is 1. The minimum atomic E-state index is -0.504. The van der Waals surface area contributed by atoms with Gasteiger partial charge in [0.15, 0.2) is 0 Å². The van der Waals surface area contributed by atoms with Gasteiger partial charge in [0.25, 0.3) is 11.4 Å². The molecule has 9 heteroatoms. The first-order valence-electron chi connectivity index (χ1n) is 8.57. The van der Waals surface area contributed by atoms with Gasteiger partial charge >= 0.3 is 0 Å². The van der Waals surface area contributed by atoms with E-state index in [0.29, 0.717) is 5.71 Å². The molecule has 1 heterocycles. The molecular weight excluding hydrogens is 364 g/mol. The molecule has 0 radical (unpaired) electrons. The number of carbonyl (C=O) groups excluding carboxylic acids is 1. The number of nitro groups is 2. The number of non-ortho nitro benzene ring substituents is 2. The van der Waals surface area contributed by atoms with Gasteiger partial charge in [0, 0.05) is 36.0 Å². The number of hydrogen-bond acceptors (Lipinski definition) is 7. The highest BCUT2D eigenvalue weighted by Gasteiger charge is 2.35. The molecule has 0 fully saturated rings. The Kier molecular flexibility index (Phi) is 5.27. The molecule has 144 valence electrons. The van der Waals surface area contributed by atoms with Crippen molar-refractivity contribution in [1.29, 1.82) is 0 Å². The van der Waals surface area contributed by atoms with E-state index in [-0.39, 0.29) is 17.2 Å². The van der Waals surface area contributed by atoms with Gasteiger partial charge in [0.1, 0.15) is 11.9 Å². The molecule has 0 spiro atoms. The van der Waals surface area contributed by atoms with E-state index >= 15 is 0 Å². The largest absolute Gasteiger partial charge is 0.299 e. The first-order valence-corrected chi connectivity index (χ1v) is 8.57. The average Bonchev–Trinajstić information content (AvgIpc) is 2.67. The first kappa shape index (κ1) is 19.3. The fourth-order valence-electron chi connectivity index (χ4n) is 3.40. The summed E-state index contributed by atoms with van der Waals surface area (Å²) >= 11 is 0. The smallest absolute Gasteiger partial charge is 0.269 e.